The van der Waals surface area contributed by atoms with Gasteiger partial charge in [-0.3, -0.25) is 0 Å². The molecule has 2 aromatic rings. The van der Waals surface area contributed by atoms with Crippen LogP contribution in [0.25, 0.3) is 0 Å². The molecule has 1 fully saturated rings. The summed E-state index contributed by atoms with van der Waals surface area (Å²) in [5.41, 5.74) is 2.00. The lowest BCUT2D eigenvalue weighted by Gasteiger charge is -2.24. The normalized spacial score (nSPS) is 21.4. The summed E-state index contributed by atoms with van der Waals surface area (Å²) in [6.45, 7) is 7.58. The predicted molar refractivity (Wildman–Crippen MR) is 101 cm³/mol. The molecule has 0 saturated carbocycles. The number of sulfonamides is 1. The number of allylic oxidation sites excluding steroid dienone is 1. The molecule has 2 atom stereocenters. The van der Waals surface area contributed by atoms with E-state index in [0.29, 0.717) is 6.32 Å². The summed E-state index contributed by atoms with van der Waals surface area (Å²) >= 11 is 0. The first-order chi connectivity index (χ1) is 11.9. The second-order valence-corrected chi connectivity index (χ2v) is 8.18. The van der Waals surface area contributed by atoms with E-state index in [2.05, 4.69) is 6.58 Å². The maximum Gasteiger partial charge on any atom is 0.401 e. The minimum Gasteiger partial charge on any atom is -0.412 e. The fourth-order valence-corrected chi connectivity index (χ4v) is 4.96. The summed E-state index contributed by atoms with van der Waals surface area (Å²) < 4.78 is 34.1. The van der Waals surface area contributed by atoms with Crippen molar-refractivity contribution in [2.75, 3.05) is 0 Å². The summed E-state index contributed by atoms with van der Waals surface area (Å²) in [5.74, 6) is 0. The van der Waals surface area contributed by atoms with E-state index in [-0.39, 0.29) is 17.0 Å². The second-order valence-electron chi connectivity index (χ2n) is 6.34. The van der Waals surface area contributed by atoms with E-state index in [1.54, 1.807) is 18.2 Å². The molecule has 1 saturated heterocycles. The smallest absolute Gasteiger partial charge is 0.401 e. The summed E-state index contributed by atoms with van der Waals surface area (Å²) in [5, 5.41) is 0. The van der Waals surface area contributed by atoms with Gasteiger partial charge in [-0.1, -0.05) is 54.1 Å². The number of aryl methyl sites for hydroxylation is 1. The Hall–Kier alpha value is -1.89. The lowest BCUT2D eigenvalue weighted by molar-refractivity contribution is 0.214. The van der Waals surface area contributed by atoms with E-state index in [9.17, 15) is 8.42 Å². The number of rotatable bonds is 5. The van der Waals surface area contributed by atoms with Gasteiger partial charge in [-0.2, -0.15) is 0 Å². The van der Waals surface area contributed by atoms with E-state index in [0.717, 1.165) is 11.1 Å². The molecule has 4 nitrogen and oxygen atoms in total. The predicted octanol–water partition coefficient (Wildman–Crippen LogP) is 3.82. The van der Waals surface area contributed by atoms with E-state index in [1.807, 2.05) is 56.3 Å². The molecule has 0 aromatic heterocycles. The van der Waals surface area contributed by atoms with Crippen LogP contribution in [0.5, 0.6) is 0 Å². The van der Waals surface area contributed by atoms with Crippen LogP contribution >= 0.6 is 0 Å². The van der Waals surface area contributed by atoms with Crippen molar-refractivity contribution in [2.45, 2.75) is 37.2 Å². The highest BCUT2D eigenvalue weighted by Gasteiger charge is 2.49. The molecule has 1 aliphatic rings. The first kappa shape index (κ1) is 17.9. The van der Waals surface area contributed by atoms with Crippen LogP contribution in [0.3, 0.4) is 0 Å². The number of nitrogens with zero attached hydrogens (tertiary/aromatic N) is 1. The van der Waals surface area contributed by atoms with E-state index >= 15 is 0 Å². The summed E-state index contributed by atoms with van der Waals surface area (Å²) in [4.78, 5) is 0.288. The number of hydrogen-bond acceptors (Lipinski definition) is 3. The molecule has 25 heavy (non-hydrogen) atoms. The molecule has 0 N–H and O–H groups in total. The van der Waals surface area contributed by atoms with Gasteiger partial charge in [0.2, 0.25) is 10.0 Å². The minimum absolute atomic E-state index is 0.288. The molecule has 6 heteroatoms. The largest absolute Gasteiger partial charge is 0.412 e. The van der Waals surface area contributed by atoms with Crippen LogP contribution in [0.4, 0.5) is 0 Å². The average Bonchev–Trinajstić information content (AvgIpc) is 2.93. The topological polar surface area (TPSA) is 46.6 Å². The number of benzene rings is 2. The van der Waals surface area contributed by atoms with Crippen LogP contribution in [0.2, 0.25) is 6.32 Å². The molecule has 0 unspecified atom stereocenters. The molecule has 1 aliphatic heterocycles. The zero-order valence-corrected chi connectivity index (χ0v) is 15.3. The Morgan fingerprint density at radius 2 is 1.80 bits per heavy atom. The van der Waals surface area contributed by atoms with Gasteiger partial charge in [-0.15, -0.1) is 6.58 Å². The van der Waals surface area contributed by atoms with E-state index < -0.39 is 17.1 Å². The molecule has 0 spiro atoms. The van der Waals surface area contributed by atoms with Gasteiger partial charge in [0.05, 0.1) is 11.0 Å². The summed E-state index contributed by atoms with van der Waals surface area (Å²) in [6.07, 6.45) is 1.84. The Labute approximate surface area is 150 Å². The molecule has 130 valence electrons. The van der Waals surface area contributed by atoms with Crippen LogP contribution in [0.1, 0.15) is 24.2 Å². The van der Waals surface area contributed by atoms with Crippen molar-refractivity contribution in [3.05, 3.63) is 78.4 Å². The SMILES string of the molecule is C=CCB1O[C@H](c2ccccc2)[C@H](C)N1S(=O)(=O)c1ccc(C)cc1. The molecular formula is C19H22BNO3S. The molecule has 3 rings (SSSR count). The maximum absolute atomic E-state index is 13.2. The standard InChI is InChI=1S/C19H22BNO3S/c1-4-14-20-21(25(22,23)18-12-10-15(2)11-13-18)16(3)19(24-20)17-8-6-5-7-9-17/h4-13,16,19H,1,14H2,2-3H3/t16-,19-/m0/s1. The molecule has 0 aliphatic carbocycles. The van der Waals surface area contributed by atoms with Crippen LogP contribution in [0, 0.1) is 6.92 Å². The third-order valence-corrected chi connectivity index (χ3v) is 6.51. The Balaban J connectivity index is 1.99. The van der Waals surface area contributed by atoms with Gasteiger partial charge in [0.25, 0.3) is 0 Å². The van der Waals surface area contributed by atoms with Crippen molar-refractivity contribution in [3.63, 3.8) is 0 Å². The van der Waals surface area contributed by atoms with Gasteiger partial charge in [0.1, 0.15) is 0 Å². The van der Waals surface area contributed by atoms with Gasteiger partial charge in [0, 0.05) is 6.04 Å². The van der Waals surface area contributed by atoms with Crippen LogP contribution < -0.4 is 0 Å². The fourth-order valence-electron chi connectivity index (χ4n) is 3.25. The van der Waals surface area contributed by atoms with Crippen molar-refractivity contribution >= 4 is 17.1 Å². The van der Waals surface area contributed by atoms with E-state index in [4.69, 9.17) is 4.65 Å². The lowest BCUT2D eigenvalue weighted by Crippen LogP contribution is -2.43. The number of hydrogen-bond donors (Lipinski definition) is 0. The molecule has 1 heterocycles. The molecule has 0 bridgehead atoms. The van der Waals surface area contributed by atoms with Crippen LogP contribution in [-0.4, -0.2) is 25.7 Å². The van der Waals surface area contributed by atoms with Crippen molar-refractivity contribution in [3.8, 4) is 0 Å². The lowest BCUT2D eigenvalue weighted by atomic mass is 9.79. The van der Waals surface area contributed by atoms with Gasteiger partial charge in [-0.25, -0.2) is 12.6 Å². The van der Waals surface area contributed by atoms with Gasteiger partial charge < -0.3 is 4.65 Å². The maximum atomic E-state index is 13.2. The third-order valence-electron chi connectivity index (χ3n) is 4.52. The highest BCUT2D eigenvalue weighted by molar-refractivity contribution is 7.90. The quantitative estimate of drug-likeness (QED) is 0.605. The Morgan fingerprint density at radius 1 is 1.16 bits per heavy atom. The monoisotopic (exact) mass is 355 g/mol. The summed E-state index contributed by atoms with van der Waals surface area (Å²) in [6, 6.07) is 16.4. The van der Waals surface area contributed by atoms with Crippen molar-refractivity contribution < 1.29 is 13.1 Å². The zero-order chi connectivity index (χ0) is 18.0. The third kappa shape index (κ3) is 3.42. The first-order valence-electron chi connectivity index (χ1n) is 8.36. The van der Waals surface area contributed by atoms with Crippen LogP contribution in [0.15, 0.2) is 72.1 Å². The zero-order valence-electron chi connectivity index (χ0n) is 14.5. The molecular weight excluding hydrogens is 333 g/mol. The Morgan fingerprint density at radius 3 is 2.40 bits per heavy atom. The average molecular weight is 355 g/mol. The van der Waals surface area contributed by atoms with E-state index in [1.165, 1.54) is 4.22 Å². The Kier molecular flexibility index (Phi) is 5.13. The summed E-state index contributed by atoms with van der Waals surface area (Å²) in [7, 11) is -4.21. The van der Waals surface area contributed by atoms with Crippen LogP contribution in [-0.2, 0) is 14.7 Å². The Bertz CT molecular complexity index is 837. The molecule has 0 amide bonds. The fraction of sp³-hybridized carbons (Fsp3) is 0.263. The van der Waals surface area contributed by atoms with Gasteiger partial charge >= 0.3 is 7.05 Å². The van der Waals surface area contributed by atoms with Crippen molar-refractivity contribution in [2.24, 2.45) is 0 Å². The van der Waals surface area contributed by atoms with Gasteiger partial charge in [-0.05, 0) is 37.9 Å². The molecule has 2 aromatic carbocycles. The minimum atomic E-state index is -3.66. The van der Waals surface area contributed by atoms with Crippen molar-refractivity contribution in [1.29, 1.82) is 0 Å². The first-order valence-corrected chi connectivity index (χ1v) is 9.80. The highest BCUT2D eigenvalue weighted by Crippen LogP contribution is 2.38. The second kappa shape index (κ2) is 7.16. The molecule has 0 radical (unpaired) electrons. The van der Waals surface area contributed by atoms with Gasteiger partial charge in [0.15, 0.2) is 0 Å². The highest BCUT2D eigenvalue weighted by atomic mass is 32.2. The van der Waals surface area contributed by atoms with Crippen molar-refractivity contribution in [1.82, 2.24) is 4.22 Å².